The maximum absolute atomic E-state index is 9.19. The van der Waals surface area contributed by atoms with Gasteiger partial charge in [0, 0.05) is 5.69 Å². The molecule has 0 bridgehead atoms. The first kappa shape index (κ1) is 13.7. The summed E-state index contributed by atoms with van der Waals surface area (Å²) in [6.07, 6.45) is 2.29. The van der Waals surface area contributed by atoms with E-state index in [4.69, 9.17) is 0 Å². The molecule has 0 heterocycles. The second-order valence-electron chi connectivity index (χ2n) is 6.25. The van der Waals surface area contributed by atoms with Crippen molar-refractivity contribution in [2.24, 2.45) is 0 Å². The third-order valence-electron chi connectivity index (χ3n) is 4.36. The van der Waals surface area contributed by atoms with Gasteiger partial charge in [-0.3, -0.25) is 0 Å². The highest BCUT2D eigenvalue weighted by Gasteiger charge is 2.22. The third-order valence-corrected chi connectivity index (χ3v) is 4.36. The molecule has 2 heteroatoms. The molecule has 106 valence electrons. The lowest BCUT2D eigenvalue weighted by molar-refractivity contribution is 0.686. The molecule has 2 aromatic carbocycles. The Kier molecular flexibility index (Phi) is 3.43. The maximum atomic E-state index is 9.19. The molecule has 1 N–H and O–H groups in total. The van der Waals surface area contributed by atoms with Gasteiger partial charge in [-0.1, -0.05) is 36.4 Å². The van der Waals surface area contributed by atoms with Crippen LogP contribution in [0.25, 0.3) is 0 Å². The van der Waals surface area contributed by atoms with Gasteiger partial charge in [0.1, 0.15) is 0 Å². The highest BCUT2D eigenvalue weighted by molar-refractivity contribution is 5.50. The van der Waals surface area contributed by atoms with E-state index in [9.17, 15) is 5.26 Å². The number of fused-ring (bicyclic) bond motifs is 1. The fraction of sp³-hybridized carbons (Fsp3) is 0.316. The van der Waals surface area contributed by atoms with Crippen molar-refractivity contribution in [1.82, 2.24) is 0 Å². The van der Waals surface area contributed by atoms with Crippen molar-refractivity contribution in [3.05, 3.63) is 65.2 Å². The smallest absolute Gasteiger partial charge is 0.0766 e. The van der Waals surface area contributed by atoms with Crippen LogP contribution in [0.2, 0.25) is 0 Å². The number of nitriles is 1. The molecule has 0 amide bonds. The van der Waals surface area contributed by atoms with Crippen LogP contribution in [0.4, 0.5) is 5.69 Å². The minimum Gasteiger partial charge on any atom is -0.378 e. The molecule has 0 saturated heterocycles. The summed E-state index contributed by atoms with van der Waals surface area (Å²) in [6, 6.07) is 19.6. The van der Waals surface area contributed by atoms with Crippen LogP contribution in [-0.4, -0.2) is 0 Å². The topological polar surface area (TPSA) is 35.8 Å². The number of hydrogen-bond donors (Lipinski definition) is 1. The summed E-state index contributed by atoms with van der Waals surface area (Å²) < 4.78 is 0. The molecule has 1 atom stereocenters. The molecular formula is C19H20N2. The Morgan fingerprint density at radius 2 is 1.81 bits per heavy atom. The molecule has 0 spiro atoms. The zero-order valence-corrected chi connectivity index (χ0v) is 12.6. The molecule has 0 radical (unpaired) electrons. The van der Waals surface area contributed by atoms with Gasteiger partial charge in [0.15, 0.2) is 0 Å². The van der Waals surface area contributed by atoms with Gasteiger partial charge in [0.25, 0.3) is 0 Å². The van der Waals surface area contributed by atoms with E-state index in [-0.39, 0.29) is 0 Å². The summed E-state index contributed by atoms with van der Waals surface area (Å²) in [5.41, 5.74) is 4.62. The summed E-state index contributed by atoms with van der Waals surface area (Å²) >= 11 is 0. The number of nitrogens with zero attached hydrogens (tertiary/aromatic N) is 1. The predicted octanol–water partition coefficient (Wildman–Crippen LogP) is 4.59. The van der Waals surface area contributed by atoms with Crippen LogP contribution in [0.3, 0.4) is 0 Å². The summed E-state index contributed by atoms with van der Waals surface area (Å²) in [5.74, 6) is 0. The van der Waals surface area contributed by atoms with Crippen LogP contribution in [-0.2, 0) is 11.8 Å². The van der Waals surface area contributed by atoms with Crippen LogP contribution >= 0.6 is 0 Å². The number of anilines is 1. The van der Waals surface area contributed by atoms with Crippen molar-refractivity contribution >= 4 is 5.69 Å². The fourth-order valence-corrected chi connectivity index (χ4v) is 2.96. The van der Waals surface area contributed by atoms with E-state index < -0.39 is 5.41 Å². The molecule has 2 aromatic rings. The van der Waals surface area contributed by atoms with Crippen LogP contribution < -0.4 is 5.32 Å². The Morgan fingerprint density at radius 1 is 1.10 bits per heavy atom. The quantitative estimate of drug-likeness (QED) is 0.890. The van der Waals surface area contributed by atoms with Crippen molar-refractivity contribution < 1.29 is 0 Å². The van der Waals surface area contributed by atoms with Gasteiger partial charge >= 0.3 is 0 Å². The van der Waals surface area contributed by atoms with Gasteiger partial charge in [-0.2, -0.15) is 5.26 Å². The van der Waals surface area contributed by atoms with Crippen molar-refractivity contribution in [3.63, 3.8) is 0 Å². The summed E-state index contributed by atoms with van der Waals surface area (Å²) in [4.78, 5) is 0. The lowest BCUT2D eigenvalue weighted by atomic mass is 9.86. The number of aryl methyl sites for hydroxylation is 1. The van der Waals surface area contributed by atoms with E-state index in [0.717, 1.165) is 24.1 Å². The van der Waals surface area contributed by atoms with Gasteiger partial charge in [-0.15, -0.1) is 0 Å². The minimum absolute atomic E-state index is 0.399. The molecule has 0 saturated carbocycles. The summed E-state index contributed by atoms with van der Waals surface area (Å²) in [6.45, 7) is 3.89. The molecule has 1 aliphatic rings. The average Bonchev–Trinajstić information content (AvgIpc) is 2.91. The molecule has 0 aliphatic heterocycles. The van der Waals surface area contributed by atoms with Gasteiger partial charge in [-0.25, -0.2) is 0 Å². The van der Waals surface area contributed by atoms with Crippen LogP contribution in [0.5, 0.6) is 0 Å². The summed E-state index contributed by atoms with van der Waals surface area (Å²) in [7, 11) is 0. The first-order chi connectivity index (χ1) is 10.1. The predicted molar refractivity (Wildman–Crippen MR) is 86.2 cm³/mol. The van der Waals surface area contributed by atoms with Gasteiger partial charge in [0.2, 0.25) is 0 Å². The fourth-order valence-electron chi connectivity index (χ4n) is 2.96. The standard InChI is InChI=1S/C19H20N2/c1-19(2,13-20)15-8-10-16(11-9-15)21-18-12-7-14-5-3-4-6-17(14)18/h3-6,8-11,18,21H,7,12H2,1-2H3. The minimum atomic E-state index is -0.432. The third kappa shape index (κ3) is 2.64. The summed E-state index contributed by atoms with van der Waals surface area (Å²) in [5, 5.41) is 12.8. The first-order valence-corrected chi connectivity index (χ1v) is 7.46. The largest absolute Gasteiger partial charge is 0.378 e. The van der Waals surface area contributed by atoms with Crippen LogP contribution in [0.1, 0.15) is 43.0 Å². The molecule has 1 unspecified atom stereocenters. The normalized spacial score (nSPS) is 17.1. The van der Waals surface area contributed by atoms with E-state index >= 15 is 0 Å². The van der Waals surface area contributed by atoms with E-state index in [0.29, 0.717) is 6.04 Å². The Balaban J connectivity index is 1.77. The number of benzene rings is 2. The number of nitrogens with one attached hydrogen (secondary N) is 1. The van der Waals surface area contributed by atoms with E-state index in [1.807, 2.05) is 26.0 Å². The van der Waals surface area contributed by atoms with Crippen LogP contribution in [0.15, 0.2) is 48.5 Å². The number of hydrogen-bond acceptors (Lipinski definition) is 2. The molecule has 0 fully saturated rings. The van der Waals surface area contributed by atoms with Gasteiger partial charge in [0.05, 0.1) is 17.5 Å². The van der Waals surface area contributed by atoms with Gasteiger partial charge < -0.3 is 5.32 Å². The monoisotopic (exact) mass is 276 g/mol. The highest BCUT2D eigenvalue weighted by Crippen LogP contribution is 2.34. The van der Waals surface area contributed by atoms with Crippen LogP contribution in [0, 0.1) is 11.3 Å². The zero-order chi connectivity index (χ0) is 14.9. The van der Waals surface area contributed by atoms with Crippen molar-refractivity contribution in [2.45, 2.75) is 38.1 Å². The maximum Gasteiger partial charge on any atom is 0.0766 e. The Bertz CT molecular complexity index is 677. The lowest BCUT2D eigenvalue weighted by Gasteiger charge is -2.18. The van der Waals surface area contributed by atoms with Gasteiger partial charge in [-0.05, 0) is 55.5 Å². The highest BCUT2D eigenvalue weighted by atomic mass is 14.9. The lowest BCUT2D eigenvalue weighted by Crippen LogP contribution is -2.14. The number of rotatable bonds is 3. The Hall–Kier alpha value is -2.27. The molecular weight excluding hydrogens is 256 g/mol. The van der Waals surface area contributed by atoms with E-state index in [1.165, 1.54) is 11.1 Å². The van der Waals surface area contributed by atoms with E-state index in [2.05, 4.69) is 47.8 Å². The molecule has 3 rings (SSSR count). The molecule has 0 aromatic heterocycles. The Labute approximate surface area is 126 Å². The van der Waals surface area contributed by atoms with Crippen molar-refractivity contribution in [1.29, 1.82) is 5.26 Å². The first-order valence-electron chi connectivity index (χ1n) is 7.46. The Morgan fingerprint density at radius 3 is 2.52 bits per heavy atom. The second-order valence-corrected chi connectivity index (χ2v) is 6.25. The molecule has 1 aliphatic carbocycles. The average molecular weight is 276 g/mol. The SMILES string of the molecule is CC(C)(C#N)c1ccc(NC2CCc3ccccc32)cc1. The second kappa shape index (κ2) is 5.26. The molecule has 21 heavy (non-hydrogen) atoms. The zero-order valence-electron chi connectivity index (χ0n) is 12.6. The van der Waals surface area contributed by atoms with E-state index in [1.54, 1.807) is 0 Å². The molecule has 2 nitrogen and oxygen atoms in total. The van der Waals surface area contributed by atoms with Crippen molar-refractivity contribution in [2.75, 3.05) is 5.32 Å². The van der Waals surface area contributed by atoms with Crippen molar-refractivity contribution in [3.8, 4) is 6.07 Å².